The Balaban J connectivity index is 0.000000147. The van der Waals surface area contributed by atoms with Gasteiger partial charge in [-0.15, -0.1) is 11.3 Å². The standard InChI is InChI=1S/C18H16N2O4.C17H14N2O4.C14H16N2O3.C13H14N2O2S/c1-11-6-7-16(21)14(8-11)19-18(22)15-10-17(24-20-15)12-4-3-5-13(9-12)23-2;1-10-2-7-15(21)13(8-10)18-17(22)14-9-16(23-19-14)11-3-5-12(20)6-4-11;1-8(2)13-7-11(16-19-13)14(18)15-10-6-9(3)4-5-12(10)17;16-13(14-9-4-1-2-5-9)10-8-11(17-15-10)12-6-3-7-18-12/h3-10,21H,1-2H3,(H,19,22);2-9,20-21H,1H3,(H,18,22);4-8,17H,1-3H3,(H,15,18);3,6-9H,1-2,4-5H2,(H,14,16). The first kappa shape index (κ1) is 59.6. The summed E-state index contributed by atoms with van der Waals surface area (Å²) < 4.78 is 25.8. The van der Waals surface area contributed by atoms with E-state index < -0.39 is 17.7 Å². The van der Waals surface area contributed by atoms with Gasteiger partial charge in [-0.1, -0.05) is 83.7 Å². The molecule has 21 nitrogen and oxygen atoms in total. The Hall–Kier alpha value is -10.5. The Kier molecular flexibility index (Phi) is 19.7. The summed E-state index contributed by atoms with van der Waals surface area (Å²) in [7, 11) is 1.58. The summed E-state index contributed by atoms with van der Waals surface area (Å²) in [6.45, 7) is 9.51. The molecule has 5 heterocycles. The molecule has 0 atom stereocenters. The maximum Gasteiger partial charge on any atom is 0.277 e. The minimum atomic E-state index is -0.486. The molecule has 4 amide bonds. The van der Waals surface area contributed by atoms with Crippen LogP contribution in [0, 0.1) is 20.8 Å². The number of nitrogens with one attached hydrogen (secondary N) is 4. The molecule has 5 aromatic heterocycles. The smallest absolute Gasteiger partial charge is 0.277 e. The van der Waals surface area contributed by atoms with Crippen molar-refractivity contribution in [1.29, 1.82) is 0 Å². The molecule has 0 bridgehead atoms. The number of anilines is 3. The number of carbonyl (C=O) groups excluding carboxylic acids is 4. The lowest BCUT2D eigenvalue weighted by Crippen LogP contribution is -2.32. The van der Waals surface area contributed by atoms with Crippen LogP contribution in [0.3, 0.4) is 0 Å². The quantitative estimate of drug-likeness (QED) is 0.0497. The van der Waals surface area contributed by atoms with Gasteiger partial charge in [0.1, 0.15) is 34.5 Å². The third-order valence-corrected chi connectivity index (χ3v) is 13.6. The molecular weight excluding hydrogens is 1100 g/mol. The topological polar surface area (TPSA) is 311 Å². The predicted octanol–water partition coefficient (Wildman–Crippen LogP) is 13.1. The SMILES string of the molecule is COc1cccc(-c2cc(C(=O)Nc3cc(C)ccc3O)no2)c1.Cc1ccc(O)c(NC(=O)c2cc(-c3ccc(O)cc3)on2)c1.Cc1ccc(O)c(NC(=O)c2cc(C(C)C)on2)c1.O=C(NC1CCCC1)c1cc(-c2cccs2)on1. The highest BCUT2D eigenvalue weighted by Crippen LogP contribution is 2.31. The second kappa shape index (κ2) is 27.8. The van der Waals surface area contributed by atoms with Crippen LogP contribution in [-0.4, -0.2) is 77.8 Å². The fourth-order valence-corrected chi connectivity index (χ4v) is 8.84. The summed E-state index contributed by atoms with van der Waals surface area (Å²) in [5.74, 6) is 1.65. The summed E-state index contributed by atoms with van der Waals surface area (Å²) in [6, 6.07) is 39.0. The van der Waals surface area contributed by atoms with Crippen molar-refractivity contribution in [2.75, 3.05) is 23.1 Å². The lowest BCUT2D eigenvalue weighted by Gasteiger charge is -2.09. The largest absolute Gasteiger partial charge is 0.508 e. The zero-order valence-corrected chi connectivity index (χ0v) is 47.3. The molecule has 11 rings (SSSR count). The second-order valence-corrected chi connectivity index (χ2v) is 20.6. The summed E-state index contributed by atoms with van der Waals surface area (Å²) in [6.07, 6.45) is 4.54. The van der Waals surface area contributed by atoms with Crippen molar-refractivity contribution in [1.82, 2.24) is 25.9 Å². The summed E-state index contributed by atoms with van der Waals surface area (Å²) in [5.41, 5.74) is 5.97. The van der Waals surface area contributed by atoms with Crippen molar-refractivity contribution in [3.8, 4) is 62.0 Å². The van der Waals surface area contributed by atoms with Gasteiger partial charge in [-0.2, -0.15) is 0 Å². The highest BCUT2D eigenvalue weighted by molar-refractivity contribution is 7.13. The Morgan fingerprint density at radius 2 is 0.988 bits per heavy atom. The molecule has 0 spiro atoms. The highest BCUT2D eigenvalue weighted by Gasteiger charge is 2.22. The van der Waals surface area contributed by atoms with Gasteiger partial charge in [0, 0.05) is 47.4 Å². The number of methoxy groups -OCH3 is 1. The van der Waals surface area contributed by atoms with Gasteiger partial charge in [0.2, 0.25) is 0 Å². The minimum absolute atomic E-state index is 0.00883. The fourth-order valence-electron chi connectivity index (χ4n) is 8.16. The van der Waals surface area contributed by atoms with Crippen LogP contribution in [0.2, 0.25) is 0 Å². The average Bonchev–Trinajstić information content (AvgIpc) is 4.44. The predicted molar refractivity (Wildman–Crippen MR) is 315 cm³/mol. The van der Waals surface area contributed by atoms with Crippen molar-refractivity contribution < 1.29 is 62.4 Å². The first-order valence-electron chi connectivity index (χ1n) is 26.4. The number of aromatic hydroxyl groups is 4. The molecule has 84 heavy (non-hydrogen) atoms. The number of benzene rings is 5. The number of hydrogen-bond donors (Lipinski definition) is 8. The lowest BCUT2D eigenvalue weighted by atomic mass is 10.1. The number of phenols is 4. The molecule has 1 aliphatic rings. The third kappa shape index (κ3) is 16.1. The number of amides is 4. The fraction of sp³-hybridized carbons (Fsp3) is 0.194. The maximum atomic E-state index is 12.3. The Labute approximate surface area is 485 Å². The van der Waals surface area contributed by atoms with E-state index >= 15 is 0 Å². The molecular formula is C62H60N8O13S. The highest BCUT2D eigenvalue weighted by atomic mass is 32.1. The van der Waals surface area contributed by atoms with Gasteiger partial charge < -0.3 is 64.5 Å². The van der Waals surface area contributed by atoms with E-state index in [9.17, 15) is 39.6 Å². The molecule has 1 saturated carbocycles. The van der Waals surface area contributed by atoms with Crippen LogP contribution in [-0.2, 0) is 0 Å². The van der Waals surface area contributed by atoms with E-state index in [1.807, 2.05) is 70.3 Å². The molecule has 432 valence electrons. The Morgan fingerprint density at radius 1 is 0.524 bits per heavy atom. The molecule has 8 N–H and O–H groups in total. The van der Waals surface area contributed by atoms with Crippen LogP contribution < -0.4 is 26.0 Å². The number of phenolic OH excluding ortho intramolecular Hbond substituents is 4. The average molecular weight is 1160 g/mol. The molecule has 5 aromatic carbocycles. The summed E-state index contributed by atoms with van der Waals surface area (Å²) >= 11 is 1.57. The third-order valence-electron chi connectivity index (χ3n) is 12.7. The van der Waals surface area contributed by atoms with E-state index in [4.69, 9.17) is 22.8 Å². The molecule has 1 fully saturated rings. The van der Waals surface area contributed by atoms with Gasteiger partial charge in [-0.05, 0) is 135 Å². The van der Waals surface area contributed by atoms with Crippen LogP contribution >= 0.6 is 11.3 Å². The van der Waals surface area contributed by atoms with Gasteiger partial charge in [-0.25, -0.2) is 0 Å². The molecule has 0 unspecified atom stereocenters. The molecule has 0 aliphatic heterocycles. The Bertz CT molecular complexity index is 3860. The summed E-state index contributed by atoms with van der Waals surface area (Å²) in [5, 5.41) is 66.3. The number of aromatic nitrogens is 4. The minimum Gasteiger partial charge on any atom is -0.508 e. The van der Waals surface area contributed by atoms with E-state index in [0.29, 0.717) is 63.2 Å². The van der Waals surface area contributed by atoms with Gasteiger partial charge in [0.05, 0.1) is 29.0 Å². The lowest BCUT2D eigenvalue weighted by molar-refractivity contribution is 0.0926. The van der Waals surface area contributed by atoms with E-state index in [-0.39, 0.29) is 51.9 Å². The zero-order valence-electron chi connectivity index (χ0n) is 46.5. The van der Waals surface area contributed by atoms with Crippen LogP contribution in [0.5, 0.6) is 28.7 Å². The van der Waals surface area contributed by atoms with Gasteiger partial charge in [-0.3, -0.25) is 19.2 Å². The van der Waals surface area contributed by atoms with Crippen LogP contribution in [0.25, 0.3) is 33.3 Å². The molecule has 1 aliphatic carbocycles. The zero-order chi connectivity index (χ0) is 59.9. The number of ether oxygens (including phenoxy) is 1. The van der Waals surface area contributed by atoms with Crippen LogP contribution in [0.15, 0.2) is 163 Å². The Morgan fingerprint density at radius 3 is 1.46 bits per heavy atom. The van der Waals surface area contributed by atoms with E-state index in [1.165, 1.54) is 55.3 Å². The number of carbonyl (C=O) groups is 4. The van der Waals surface area contributed by atoms with E-state index in [0.717, 1.165) is 40.0 Å². The molecule has 10 aromatic rings. The number of thiophene rings is 1. The monoisotopic (exact) mass is 1160 g/mol. The molecule has 22 heteroatoms. The second-order valence-electron chi connectivity index (χ2n) is 19.6. The number of aryl methyl sites for hydroxylation is 3. The number of nitrogens with zero attached hydrogens (tertiary/aromatic N) is 4. The normalized spacial score (nSPS) is 11.7. The van der Waals surface area contributed by atoms with Crippen LogP contribution in [0.4, 0.5) is 17.1 Å². The van der Waals surface area contributed by atoms with Crippen molar-refractivity contribution in [2.24, 2.45) is 0 Å². The maximum absolute atomic E-state index is 12.3. The first-order valence-corrected chi connectivity index (χ1v) is 27.3. The van der Waals surface area contributed by atoms with Gasteiger partial charge in [0.25, 0.3) is 23.6 Å². The molecule has 0 saturated heterocycles. The van der Waals surface area contributed by atoms with Gasteiger partial charge >= 0.3 is 0 Å². The first-order chi connectivity index (χ1) is 40.4. The number of hydrogen-bond acceptors (Lipinski definition) is 18. The summed E-state index contributed by atoms with van der Waals surface area (Å²) in [4.78, 5) is 49.4. The van der Waals surface area contributed by atoms with Gasteiger partial charge in [0.15, 0.2) is 40.1 Å². The van der Waals surface area contributed by atoms with E-state index in [1.54, 1.807) is 85.2 Å². The molecule has 0 radical (unpaired) electrons. The van der Waals surface area contributed by atoms with Crippen molar-refractivity contribution in [2.45, 2.75) is 72.3 Å². The number of rotatable bonds is 13. The van der Waals surface area contributed by atoms with Crippen molar-refractivity contribution >= 4 is 52.0 Å². The van der Waals surface area contributed by atoms with Crippen molar-refractivity contribution in [3.63, 3.8) is 0 Å². The van der Waals surface area contributed by atoms with E-state index in [2.05, 4.69) is 41.9 Å². The van der Waals surface area contributed by atoms with Crippen LogP contribution in [0.1, 0.15) is 110 Å². The van der Waals surface area contributed by atoms with Crippen molar-refractivity contribution in [3.05, 3.63) is 190 Å².